The van der Waals surface area contributed by atoms with Crippen molar-refractivity contribution in [2.45, 2.75) is 19.3 Å². The lowest BCUT2D eigenvalue weighted by molar-refractivity contribution is -0.150. The molecule has 118 valence electrons. The number of nitrogens with zero attached hydrogens (tertiary/aromatic N) is 2. The third-order valence-electron chi connectivity index (χ3n) is 4.38. The first-order chi connectivity index (χ1) is 10.1. The van der Waals surface area contributed by atoms with Crippen molar-refractivity contribution in [3.63, 3.8) is 0 Å². The normalized spacial score (nSPS) is 27.4. The molecule has 1 heterocycles. The molecule has 1 saturated heterocycles. The van der Waals surface area contributed by atoms with Crippen LogP contribution in [0.1, 0.15) is 19.3 Å². The van der Waals surface area contributed by atoms with Gasteiger partial charge in [0.15, 0.2) is 0 Å². The largest absolute Gasteiger partial charge is 0.481 e. The third kappa shape index (κ3) is 4.04. The minimum absolute atomic E-state index is 0.0300. The third-order valence-corrected chi connectivity index (χ3v) is 4.38. The second-order valence-electron chi connectivity index (χ2n) is 5.74. The van der Waals surface area contributed by atoms with E-state index in [1.807, 2.05) is 12.2 Å². The maximum Gasteiger partial charge on any atom is 0.307 e. The fourth-order valence-corrected chi connectivity index (χ4v) is 3.15. The Morgan fingerprint density at radius 2 is 1.76 bits per heavy atom. The number of aliphatic hydroxyl groups excluding tert-OH is 1. The van der Waals surface area contributed by atoms with Crippen LogP contribution in [-0.4, -0.2) is 71.2 Å². The van der Waals surface area contributed by atoms with Gasteiger partial charge in [-0.2, -0.15) is 0 Å². The van der Waals surface area contributed by atoms with Crippen LogP contribution in [0.2, 0.25) is 0 Å². The van der Waals surface area contributed by atoms with Crippen LogP contribution in [0.4, 0.5) is 0 Å². The van der Waals surface area contributed by atoms with Crippen molar-refractivity contribution in [2.24, 2.45) is 11.8 Å². The van der Waals surface area contributed by atoms with E-state index in [1.165, 1.54) is 0 Å². The summed E-state index contributed by atoms with van der Waals surface area (Å²) in [6.07, 6.45) is 5.60. The van der Waals surface area contributed by atoms with Crippen LogP contribution >= 0.6 is 0 Å². The number of allylic oxidation sites excluding steroid dienone is 2. The fourth-order valence-electron chi connectivity index (χ4n) is 3.15. The van der Waals surface area contributed by atoms with Gasteiger partial charge in [-0.1, -0.05) is 12.2 Å². The van der Waals surface area contributed by atoms with Gasteiger partial charge in [-0.25, -0.2) is 0 Å². The topological polar surface area (TPSA) is 81.1 Å². The van der Waals surface area contributed by atoms with Crippen molar-refractivity contribution in [1.29, 1.82) is 0 Å². The van der Waals surface area contributed by atoms with Gasteiger partial charge in [0.1, 0.15) is 0 Å². The molecule has 6 heteroatoms. The number of aliphatic hydroxyl groups is 1. The van der Waals surface area contributed by atoms with Gasteiger partial charge in [0, 0.05) is 26.2 Å². The van der Waals surface area contributed by atoms with Gasteiger partial charge < -0.3 is 15.1 Å². The van der Waals surface area contributed by atoms with Crippen LogP contribution in [-0.2, 0) is 9.59 Å². The molecule has 0 spiro atoms. The van der Waals surface area contributed by atoms with Crippen molar-refractivity contribution in [3.05, 3.63) is 12.2 Å². The molecule has 0 aromatic rings. The van der Waals surface area contributed by atoms with E-state index in [2.05, 4.69) is 4.90 Å². The van der Waals surface area contributed by atoms with E-state index >= 15 is 0 Å². The Morgan fingerprint density at radius 1 is 1.05 bits per heavy atom. The van der Waals surface area contributed by atoms with Crippen LogP contribution in [0.15, 0.2) is 12.2 Å². The van der Waals surface area contributed by atoms with Crippen LogP contribution in [0.5, 0.6) is 0 Å². The monoisotopic (exact) mass is 296 g/mol. The smallest absolute Gasteiger partial charge is 0.307 e. The number of rotatable bonds is 4. The molecule has 0 bridgehead atoms. The second-order valence-corrected chi connectivity index (χ2v) is 5.74. The molecule has 0 unspecified atom stereocenters. The number of carbonyl (C=O) groups excluding carboxylic acids is 1. The lowest BCUT2D eigenvalue weighted by Gasteiger charge is -2.30. The highest BCUT2D eigenvalue weighted by Gasteiger charge is 2.36. The molecule has 2 rings (SSSR count). The van der Waals surface area contributed by atoms with Crippen molar-refractivity contribution in [3.8, 4) is 0 Å². The number of amides is 1. The first-order valence-corrected chi connectivity index (χ1v) is 7.63. The van der Waals surface area contributed by atoms with Gasteiger partial charge in [-0.05, 0) is 25.8 Å². The molecule has 1 fully saturated rings. The molecule has 2 N–H and O–H groups in total. The second kappa shape index (κ2) is 7.56. The summed E-state index contributed by atoms with van der Waals surface area (Å²) in [5.74, 6) is -1.94. The summed E-state index contributed by atoms with van der Waals surface area (Å²) in [4.78, 5) is 27.9. The van der Waals surface area contributed by atoms with Gasteiger partial charge in [-0.3, -0.25) is 14.5 Å². The number of aliphatic carboxylic acids is 1. The highest BCUT2D eigenvalue weighted by atomic mass is 16.4. The van der Waals surface area contributed by atoms with Gasteiger partial charge in [0.25, 0.3) is 0 Å². The van der Waals surface area contributed by atoms with E-state index in [1.54, 1.807) is 4.90 Å². The Balaban J connectivity index is 1.98. The van der Waals surface area contributed by atoms with E-state index in [-0.39, 0.29) is 12.5 Å². The molecule has 2 atom stereocenters. The van der Waals surface area contributed by atoms with Crippen LogP contribution < -0.4 is 0 Å². The first-order valence-electron chi connectivity index (χ1n) is 7.63. The zero-order chi connectivity index (χ0) is 15.2. The summed E-state index contributed by atoms with van der Waals surface area (Å²) in [5, 5.41) is 18.3. The summed E-state index contributed by atoms with van der Waals surface area (Å²) >= 11 is 0. The van der Waals surface area contributed by atoms with E-state index in [4.69, 9.17) is 5.11 Å². The Kier molecular flexibility index (Phi) is 5.76. The number of carboxylic acids is 1. The quantitative estimate of drug-likeness (QED) is 0.723. The molecule has 1 aliphatic heterocycles. The molecule has 6 nitrogen and oxygen atoms in total. The molecule has 2 aliphatic rings. The number of β-amino-alcohol motifs (C(OH)–C–C–N with tert-alkyl or cyclic N) is 1. The summed E-state index contributed by atoms with van der Waals surface area (Å²) in [6.45, 7) is 3.66. The van der Waals surface area contributed by atoms with Crippen LogP contribution in [0, 0.1) is 11.8 Å². The number of hydrogen-bond acceptors (Lipinski definition) is 4. The molecule has 1 amide bonds. The predicted molar refractivity (Wildman–Crippen MR) is 77.7 cm³/mol. The van der Waals surface area contributed by atoms with Gasteiger partial charge in [0.05, 0.1) is 18.4 Å². The molecule has 21 heavy (non-hydrogen) atoms. The van der Waals surface area contributed by atoms with E-state index in [9.17, 15) is 14.7 Å². The lowest BCUT2D eigenvalue weighted by atomic mass is 9.82. The minimum Gasteiger partial charge on any atom is -0.481 e. The zero-order valence-electron chi connectivity index (χ0n) is 12.3. The van der Waals surface area contributed by atoms with Gasteiger partial charge in [0.2, 0.25) is 5.91 Å². The van der Waals surface area contributed by atoms with Crippen molar-refractivity contribution < 1.29 is 19.8 Å². The predicted octanol–water partition coefficient (Wildman–Crippen LogP) is 0.180. The van der Waals surface area contributed by atoms with Crippen LogP contribution in [0.25, 0.3) is 0 Å². The summed E-state index contributed by atoms with van der Waals surface area (Å²) < 4.78 is 0. The molecular formula is C15H24N2O4. The summed E-state index contributed by atoms with van der Waals surface area (Å²) in [6, 6.07) is 0. The maximum atomic E-state index is 12.6. The standard InChI is InChI=1S/C15H24N2O4/c18-11-10-16-6-3-7-17(9-8-16)14(19)12-4-1-2-5-13(12)15(20)21/h1-2,12-13,18H,3-11H2,(H,20,21)/t12-,13+/m1/s1. The number of carbonyl (C=O) groups is 2. The Labute approximate surface area is 125 Å². The zero-order valence-corrected chi connectivity index (χ0v) is 12.3. The van der Waals surface area contributed by atoms with Crippen molar-refractivity contribution >= 4 is 11.9 Å². The SMILES string of the molecule is O=C(O)[C@H]1CC=CC[C@H]1C(=O)N1CCCN(CCO)CC1. The summed E-state index contributed by atoms with van der Waals surface area (Å²) in [5.41, 5.74) is 0. The Bertz CT molecular complexity index is 410. The Morgan fingerprint density at radius 3 is 2.43 bits per heavy atom. The van der Waals surface area contributed by atoms with Crippen molar-refractivity contribution in [1.82, 2.24) is 9.80 Å². The molecule has 0 aromatic heterocycles. The van der Waals surface area contributed by atoms with Gasteiger partial charge >= 0.3 is 5.97 Å². The lowest BCUT2D eigenvalue weighted by Crippen LogP contribution is -2.43. The van der Waals surface area contributed by atoms with E-state index in [0.29, 0.717) is 32.5 Å². The fraction of sp³-hybridized carbons (Fsp3) is 0.733. The molecule has 0 radical (unpaired) electrons. The molecule has 1 aliphatic carbocycles. The molecule has 0 aromatic carbocycles. The Hall–Kier alpha value is -1.40. The maximum absolute atomic E-state index is 12.6. The highest BCUT2D eigenvalue weighted by Crippen LogP contribution is 2.28. The van der Waals surface area contributed by atoms with Crippen LogP contribution in [0.3, 0.4) is 0 Å². The highest BCUT2D eigenvalue weighted by molar-refractivity contribution is 5.85. The van der Waals surface area contributed by atoms with Gasteiger partial charge in [-0.15, -0.1) is 0 Å². The van der Waals surface area contributed by atoms with E-state index < -0.39 is 17.8 Å². The minimum atomic E-state index is -0.880. The number of carboxylic acid groups (broad SMARTS) is 1. The number of hydrogen-bond donors (Lipinski definition) is 2. The first kappa shape index (κ1) is 16.0. The van der Waals surface area contributed by atoms with E-state index in [0.717, 1.165) is 19.5 Å². The molecule has 0 saturated carbocycles. The average molecular weight is 296 g/mol. The summed E-state index contributed by atoms with van der Waals surface area (Å²) in [7, 11) is 0. The average Bonchev–Trinajstić information content (AvgIpc) is 2.72. The van der Waals surface area contributed by atoms with Crippen molar-refractivity contribution in [2.75, 3.05) is 39.3 Å². The molecular weight excluding hydrogens is 272 g/mol.